The van der Waals surface area contributed by atoms with E-state index < -0.39 is 11.4 Å². The molecule has 6 nitrogen and oxygen atoms in total. The first-order chi connectivity index (χ1) is 9.42. The molecule has 0 radical (unpaired) electrons. The monoisotopic (exact) mass is 283 g/mol. The van der Waals surface area contributed by atoms with E-state index in [4.69, 9.17) is 14.3 Å². The highest BCUT2D eigenvalue weighted by molar-refractivity contribution is 5.84. The van der Waals surface area contributed by atoms with Crippen molar-refractivity contribution in [3.63, 3.8) is 0 Å². The summed E-state index contributed by atoms with van der Waals surface area (Å²) in [5, 5.41) is 11.6. The fraction of sp³-hybridized carbons (Fsp3) is 0.571. The number of furan rings is 1. The zero-order chi connectivity index (χ0) is 15.0. The summed E-state index contributed by atoms with van der Waals surface area (Å²) in [7, 11) is 0. The van der Waals surface area contributed by atoms with Crippen LogP contribution in [0.1, 0.15) is 32.4 Å². The highest BCUT2D eigenvalue weighted by atomic mass is 16.5. The molecule has 0 aliphatic carbocycles. The first-order valence-corrected chi connectivity index (χ1v) is 6.52. The molecule has 0 atom stereocenters. The molecule has 0 bridgehead atoms. The zero-order valence-corrected chi connectivity index (χ0v) is 11.8. The number of carbonyl (C=O) groups excluding carboxylic acids is 1. The minimum Gasteiger partial charge on any atom is -0.481 e. The molecule has 1 aromatic rings. The van der Waals surface area contributed by atoms with Crippen molar-refractivity contribution in [3.05, 3.63) is 24.2 Å². The SMILES string of the molecule is CC(C)(CC(=O)NCCCOCc1ccco1)C(=O)O. The number of hydrogen-bond acceptors (Lipinski definition) is 4. The van der Waals surface area contributed by atoms with E-state index in [1.807, 2.05) is 6.07 Å². The Bertz CT molecular complexity index is 425. The molecular weight excluding hydrogens is 262 g/mol. The standard InChI is InChI=1S/C14H21NO5/c1-14(2,13(17)18)9-12(16)15-6-4-7-19-10-11-5-3-8-20-11/h3,5,8H,4,6-7,9-10H2,1-2H3,(H,15,16)(H,17,18). The first kappa shape index (κ1) is 16.2. The van der Waals surface area contributed by atoms with Gasteiger partial charge >= 0.3 is 5.97 Å². The summed E-state index contributed by atoms with van der Waals surface area (Å²) in [4.78, 5) is 22.4. The Labute approximate surface area is 118 Å². The highest BCUT2D eigenvalue weighted by Gasteiger charge is 2.29. The third-order valence-electron chi connectivity index (χ3n) is 2.79. The van der Waals surface area contributed by atoms with Crippen LogP contribution in [0, 0.1) is 5.41 Å². The number of aliphatic carboxylic acids is 1. The number of hydrogen-bond donors (Lipinski definition) is 2. The summed E-state index contributed by atoms with van der Waals surface area (Å²) in [6.07, 6.45) is 2.22. The summed E-state index contributed by atoms with van der Waals surface area (Å²) in [6.45, 7) is 4.44. The van der Waals surface area contributed by atoms with Gasteiger partial charge in [-0.1, -0.05) is 0 Å². The third-order valence-corrected chi connectivity index (χ3v) is 2.79. The van der Waals surface area contributed by atoms with Gasteiger partial charge in [0.15, 0.2) is 0 Å². The van der Waals surface area contributed by atoms with E-state index in [-0.39, 0.29) is 12.3 Å². The van der Waals surface area contributed by atoms with Gasteiger partial charge in [-0.05, 0) is 32.4 Å². The lowest BCUT2D eigenvalue weighted by atomic mass is 9.89. The summed E-state index contributed by atoms with van der Waals surface area (Å²) < 4.78 is 10.5. The van der Waals surface area contributed by atoms with Crippen LogP contribution in [0.4, 0.5) is 0 Å². The molecule has 1 amide bonds. The van der Waals surface area contributed by atoms with Crippen molar-refractivity contribution >= 4 is 11.9 Å². The van der Waals surface area contributed by atoms with Gasteiger partial charge in [-0.3, -0.25) is 9.59 Å². The maximum atomic E-state index is 11.6. The van der Waals surface area contributed by atoms with Crippen LogP contribution in [-0.4, -0.2) is 30.1 Å². The van der Waals surface area contributed by atoms with E-state index in [1.165, 1.54) is 13.8 Å². The molecule has 0 aliphatic rings. The smallest absolute Gasteiger partial charge is 0.309 e. The molecule has 6 heteroatoms. The van der Waals surface area contributed by atoms with Crippen LogP contribution in [0.2, 0.25) is 0 Å². The van der Waals surface area contributed by atoms with Crippen LogP contribution in [0.5, 0.6) is 0 Å². The van der Waals surface area contributed by atoms with Crippen molar-refractivity contribution in [2.75, 3.05) is 13.2 Å². The average molecular weight is 283 g/mol. The second kappa shape index (κ2) is 7.69. The van der Waals surface area contributed by atoms with Crippen LogP contribution in [0.3, 0.4) is 0 Å². The maximum absolute atomic E-state index is 11.6. The number of ether oxygens (including phenoxy) is 1. The Morgan fingerprint density at radius 2 is 2.20 bits per heavy atom. The molecule has 1 heterocycles. The van der Waals surface area contributed by atoms with Gasteiger partial charge in [0.05, 0.1) is 11.7 Å². The van der Waals surface area contributed by atoms with Gasteiger partial charge in [0, 0.05) is 19.6 Å². The van der Waals surface area contributed by atoms with Crippen LogP contribution in [-0.2, 0) is 20.9 Å². The Morgan fingerprint density at radius 3 is 2.80 bits per heavy atom. The Hall–Kier alpha value is -1.82. The molecule has 0 aromatic carbocycles. The van der Waals surface area contributed by atoms with Gasteiger partial charge in [-0.25, -0.2) is 0 Å². The number of carboxylic acids is 1. The number of rotatable bonds is 9. The van der Waals surface area contributed by atoms with Gasteiger partial charge in [-0.15, -0.1) is 0 Å². The predicted octanol–water partition coefficient (Wildman–Crippen LogP) is 1.80. The van der Waals surface area contributed by atoms with Gasteiger partial charge in [-0.2, -0.15) is 0 Å². The van der Waals surface area contributed by atoms with Crippen LogP contribution in [0.25, 0.3) is 0 Å². The molecule has 1 aromatic heterocycles. The van der Waals surface area contributed by atoms with Crippen molar-refractivity contribution in [1.29, 1.82) is 0 Å². The van der Waals surface area contributed by atoms with E-state index >= 15 is 0 Å². The van der Waals surface area contributed by atoms with E-state index in [0.29, 0.717) is 26.2 Å². The molecule has 2 N–H and O–H groups in total. The van der Waals surface area contributed by atoms with E-state index in [9.17, 15) is 9.59 Å². The van der Waals surface area contributed by atoms with Crippen molar-refractivity contribution in [3.8, 4) is 0 Å². The molecular formula is C14H21NO5. The fourth-order valence-electron chi connectivity index (χ4n) is 1.51. The van der Waals surface area contributed by atoms with Crippen molar-refractivity contribution in [1.82, 2.24) is 5.32 Å². The molecule has 20 heavy (non-hydrogen) atoms. The van der Waals surface area contributed by atoms with Crippen molar-refractivity contribution < 1.29 is 23.8 Å². The summed E-state index contributed by atoms with van der Waals surface area (Å²) in [6, 6.07) is 3.62. The molecule has 112 valence electrons. The zero-order valence-electron chi connectivity index (χ0n) is 11.8. The lowest BCUT2D eigenvalue weighted by Crippen LogP contribution is -2.34. The molecule has 0 unspecified atom stereocenters. The summed E-state index contributed by atoms with van der Waals surface area (Å²) in [5.74, 6) is -0.477. The van der Waals surface area contributed by atoms with Gasteiger partial charge in [0.2, 0.25) is 5.91 Å². The Balaban J connectivity index is 2.06. The Kier molecular flexibility index (Phi) is 6.24. The highest BCUT2D eigenvalue weighted by Crippen LogP contribution is 2.19. The number of nitrogens with one attached hydrogen (secondary N) is 1. The molecule has 0 fully saturated rings. The topological polar surface area (TPSA) is 88.8 Å². The van der Waals surface area contributed by atoms with Crippen LogP contribution >= 0.6 is 0 Å². The van der Waals surface area contributed by atoms with E-state index in [2.05, 4.69) is 5.32 Å². The van der Waals surface area contributed by atoms with Crippen molar-refractivity contribution in [2.45, 2.75) is 33.3 Å². The summed E-state index contributed by atoms with van der Waals surface area (Å²) in [5.41, 5.74) is -1.04. The first-order valence-electron chi connectivity index (χ1n) is 6.52. The van der Waals surface area contributed by atoms with Gasteiger partial charge < -0.3 is 19.6 Å². The maximum Gasteiger partial charge on any atom is 0.309 e. The largest absolute Gasteiger partial charge is 0.481 e. The van der Waals surface area contributed by atoms with Gasteiger partial charge in [0.25, 0.3) is 0 Å². The second-order valence-corrected chi connectivity index (χ2v) is 5.20. The molecule has 0 spiro atoms. The quantitative estimate of drug-likeness (QED) is 0.675. The minimum absolute atomic E-state index is 0.0322. The molecule has 0 aliphatic heterocycles. The molecule has 1 rings (SSSR count). The fourth-order valence-corrected chi connectivity index (χ4v) is 1.51. The molecule has 0 saturated heterocycles. The number of amides is 1. The van der Waals surface area contributed by atoms with Gasteiger partial charge in [0.1, 0.15) is 12.4 Å². The summed E-state index contributed by atoms with van der Waals surface area (Å²) >= 11 is 0. The van der Waals surface area contributed by atoms with Crippen molar-refractivity contribution in [2.24, 2.45) is 5.41 Å². The predicted molar refractivity (Wildman–Crippen MR) is 72.0 cm³/mol. The van der Waals surface area contributed by atoms with Crippen LogP contribution < -0.4 is 5.32 Å². The van der Waals surface area contributed by atoms with E-state index in [1.54, 1.807) is 12.3 Å². The normalized spacial score (nSPS) is 11.3. The lowest BCUT2D eigenvalue weighted by molar-refractivity contribution is -0.149. The lowest BCUT2D eigenvalue weighted by Gasteiger charge is -2.18. The molecule has 0 saturated carbocycles. The van der Waals surface area contributed by atoms with Crippen LogP contribution in [0.15, 0.2) is 22.8 Å². The second-order valence-electron chi connectivity index (χ2n) is 5.20. The minimum atomic E-state index is -1.04. The number of carboxylic acid groups (broad SMARTS) is 1. The van der Waals surface area contributed by atoms with E-state index in [0.717, 1.165) is 5.76 Å². The third kappa shape index (κ3) is 5.88. The average Bonchev–Trinajstić information content (AvgIpc) is 2.85. The number of carbonyl (C=O) groups is 2. The Morgan fingerprint density at radius 1 is 1.45 bits per heavy atom.